The molecule has 10 heteroatoms. The fourth-order valence-electron chi connectivity index (χ4n) is 6.25. The molecule has 2 aromatic rings. The lowest BCUT2D eigenvalue weighted by molar-refractivity contribution is -0.142. The number of carboxylic acid groups (broad SMARTS) is 1. The molecule has 2 aromatic carbocycles. The zero-order chi connectivity index (χ0) is 28.2. The SMILES string of the molecule is CC(C(=O)O)C(c1ccc2c(c1)OC1(CC2)CCC(Nc2cc(C(F)(F)F)ccc2C(F)(F)F)CC1)C1CC1. The van der Waals surface area contributed by atoms with Crippen LogP contribution in [0.5, 0.6) is 5.75 Å². The molecule has 2 atom stereocenters. The number of alkyl halides is 6. The Morgan fingerprint density at radius 2 is 1.67 bits per heavy atom. The van der Waals surface area contributed by atoms with Crippen LogP contribution in [0.3, 0.4) is 0 Å². The van der Waals surface area contributed by atoms with Gasteiger partial charge in [0.25, 0.3) is 0 Å². The maximum absolute atomic E-state index is 13.5. The van der Waals surface area contributed by atoms with E-state index in [4.69, 9.17) is 4.74 Å². The highest BCUT2D eigenvalue weighted by atomic mass is 19.4. The average molecular weight is 556 g/mol. The molecule has 2 fully saturated rings. The Labute approximate surface area is 222 Å². The van der Waals surface area contributed by atoms with Crippen molar-refractivity contribution in [3.63, 3.8) is 0 Å². The first-order valence-electron chi connectivity index (χ1n) is 13.4. The van der Waals surface area contributed by atoms with E-state index < -0.39 is 52.7 Å². The number of halogens is 6. The third-order valence-corrected chi connectivity index (χ3v) is 8.62. The smallest absolute Gasteiger partial charge is 0.418 e. The topological polar surface area (TPSA) is 58.6 Å². The number of nitrogens with one attached hydrogen (secondary N) is 1. The standard InChI is InChI=1S/C29H31F6NO3/c1-16(26(37)38)25(18-3-4-18)19-5-2-17-8-11-27(39-24(17)14-19)12-9-21(10-13-27)36-23-15-20(28(30,31)32)6-7-22(23)29(33,34)35/h2,5-7,14-16,18,21,25,36H,3-4,8-13H2,1H3,(H,37,38). The lowest BCUT2D eigenvalue weighted by Gasteiger charge is -2.44. The number of carboxylic acids is 1. The number of anilines is 1. The number of carbonyl (C=O) groups is 1. The molecule has 212 valence electrons. The van der Waals surface area contributed by atoms with Crippen LogP contribution in [0, 0.1) is 11.8 Å². The second kappa shape index (κ2) is 9.93. The average Bonchev–Trinajstić information content (AvgIpc) is 3.69. The summed E-state index contributed by atoms with van der Waals surface area (Å²) in [5.41, 5.74) is -1.32. The number of hydrogen-bond acceptors (Lipinski definition) is 3. The largest absolute Gasteiger partial charge is 0.487 e. The lowest BCUT2D eigenvalue weighted by Crippen LogP contribution is -2.45. The highest BCUT2D eigenvalue weighted by Gasteiger charge is 2.43. The van der Waals surface area contributed by atoms with Gasteiger partial charge in [-0.1, -0.05) is 19.1 Å². The van der Waals surface area contributed by atoms with E-state index in [9.17, 15) is 36.2 Å². The lowest BCUT2D eigenvalue weighted by atomic mass is 9.76. The molecule has 5 rings (SSSR count). The minimum atomic E-state index is -4.79. The van der Waals surface area contributed by atoms with Crippen LogP contribution in [-0.2, 0) is 23.6 Å². The Morgan fingerprint density at radius 1 is 0.974 bits per heavy atom. The summed E-state index contributed by atoms with van der Waals surface area (Å²) in [4.78, 5) is 11.7. The maximum Gasteiger partial charge on any atom is 0.418 e. The Morgan fingerprint density at radius 3 is 2.26 bits per heavy atom. The van der Waals surface area contributed by atoms with Crippen molar-refractivity contribution in [2.75, 3.05) is 5.32 Å². The second-order valence-electron chi connectivity index (χ2n) is 11.3. The first-order chi connectivity index (χ1) is 18.3. The number of benzene rings is 2. The van der Waals surface area contributed by atoms with Crippen LogP contribution in [-0.4, -0.2) is 22.7 Å². The van der Waals surface area contributed by atoms with Gasteiger partial charge in [0, 0.05) is 11.7 Å². The van der Waals surface area contributed by atoms with Gasteiger partial charge in [-0.15, -0.1) is 0 Å². The molecule has 0 amide bonds. The van der Waals surface area contributed by atoms with Gasteiger partial charge in [0.2, 0.25) is 0 Å². The molecule has 39 heavy (non-hydrogen) atoms. The number of hydrogen-bond donors (Lipinski definition) is 2. The van der Waals surface area contributed by atoms with E-state index in [-0.39, 0.29) is 5.92 Å². The van der Waals surface area contributed by atoms with Crippen LogP contribution in [0.15, 0.2) is 36.4 Å². The van der Waals surface area contributed by atoms with Gasteiger partial charge in [-0.05, 0) is 98.6 Å². The van der Waals surface area contributed by atoms with Gasteiger partial charge < -0.3 is 15.2 Å². The Kier molecular flexibility index (Phi) is 7.04. The molecule has 1 aliphatic heterocycles. The van der Waals surface area contributed by atoms with Crippen LogP contribution >= 0.6 is 0 Å². The summed E-state index contributed by atoms with van der Waals surface area (Å²) < 4.78 is 86.7. The first kappa shape index (κ1) is 27.6. The molecule has 1 heterocycles. The molecule has 2 aliphatic carbocycles. The molecular formula is C29H31F6NO3. The molecule has 0 saturated heterocycles. The molecule has 0 bridgehead atoms. The number of ether oxygens (including phenoxy) is 1. The van der Waals surface area contributed by atoms with E-state index >= 15 is 0 Å². The summed E-state index contributed by atoms with van der Waals surface area (Å²) in [6.45, 7) is 1.73. The second-order valence-corrected chi connectivity index (χ2v) is 11.3. The normalized spacial score (nSPS) is 24.9. The van der Waals surface area contributed by atoms with Gasteiger partial charge in [-0.2, -0.15) is 26.3 Å². The summed E-state index contributed by atoms with van der Waals surface area (Å²) in [6, 6.07) is 7.01. The van der Waals surface area contributed by atoms with Crippen LogP contribution < -0.4 is 10.1 Å². The molecule has 1 spiro atoms. The minimum absolute atomic E-state index is 0.0931. The van der Waals surface area contributed by atoms with Crippen molar-refractivity contribution >= 4 is 11.7 Å². The molecule has 4 nitrogen and oxygen atoms in total. The van der Waals surface area contributed by atoms with Gasteiger partial charge in [-0.25, -0.2) is 0 Å². The summed E-state index contributed by atoms with van der Waals surface area (Å²) in [5.74, 6) is -0.380. The summed E-state index contributed by atoms with van der Waals surface area (Å²) in [7, 11) is 0. The summed E-state index contributed by atoms with van der Waals surface area (Å²) in [6.07, 6.45) is -4.04. The third kappa shape index (κ3) is 5.84. The van der Waals surface area contributed by atoms with E-state index in [0.717, 1.165) is 42.6 Å². The molecule has 0 aromatic heterocycles. The van der Waals surface area contributed by atoms with Crippen molar-refractivity contribution in [3.05, 3.63) is 58.7 Å². The molecule has 3 aliphatic rings. The Balaban J connectivity index is 1.30. The van der Waals surface area contributed by atoms with Crippen molar-refractivity contribution in [1.82, 2.24) is 0 Å². The van der Waals surface area contributed by atoms with Crippen molar-refractivity contribution < 1.29 is 41.0 Å². The maximum atomic E-state index is 13.5. The number of aryl methyl sites for hydroxylation is 1. The molecule has 2 saturated carbocycles. The van der Waals surface area contributed by atoms with E-state index in [1.165, 1.54) is 0 Å². The number of rotatable bonds is 6. The third-order valence-electron chi connectivity index (χ3n) is 8.62. The predicted octanol–water partition coefficient (Wildman–Crippen LogP) is 8.06. The van der Waals surface area contributed by atoms with E-state index in [2.05, 4.69) is 5.32 Å². The molecule has 2 N–H and O–H groups in total. The van der Waals surface area contributed by atoms with Crippen LogP contribution in [0.2, 0.25) is 0 Å². The monoisotopic (exact) mass is 555 g/mol. The van der Waals surface area contributed by atoms with Gasteiger partial charge in [-0.3, -0.25) is 4.79 Å². The van der Waals surface area contributed by atoms with Crippen molar-refractivity contribution in [2.45, 2.75) is 88.2 Å². The zero-order valence-electron chi connectivity index (χ0n) is 21.5. The summed E-state index contributed by atoms with van der Waals surface area (Å²) >= 11 is 0. The fraction of sp³-hybridized carbons (Fsp3) is 0.552. The van der Waals surface area contributed by atoms with Crippen molar-refractivity contribution in [3.8, 4) is 5.75 Å². The Bertz CT molecular complexity index is 1230. The van der Waals surface area contributed by atoms with Gasteiger partial charge in [0.05, 0.1) is 17.0 Å². The fourth-order valence-corrected chi connectivity index (χ4v) is 6.25. The van der Waals surface area contributed by atoms with E-state index in [0.29, 0.717) is 49.8 Å². The molecule has 2 unspecified atom stereocenters. The minimum Gasteiger partial charge on any atom is -0.487 e. The van der Waals surface area contributed by atoms with Crippen molar-refractivity contribution in [1.29, 1.82) is 0 Å². The highest BCUT2D eigenvalue weighted by molar-refractivity contribution is 5.71. The first-order valence-corrected chi connectivity index (χ1v) is 13.4. The van der Waals surface area contributed by atoms with Gasteiger partial charge in [0.15, 0.2) is 0 Å². The number of aliphatic carboxylic acids is 1. The predicted molar refractivity (Wildman–Crippen MR) is 133 cm³/mol. The van der Waals surface area contributed by atoms with Crippen LogP contribution in [0.4, 0.5) is 32.0 Å². The van der Waals surface area contributed by atoms with Crippen LogP contribution in [0.25, 0.3) is 0 Å². The quantitative estimate of drug-likeness (QED) is 0.354. The molecular weight excluding hydrogens is 524 g/mol. The summed E-state index contributed by atoms with van der Waals surface area (Å²) in [5, 5.41) is 12.4. The van der Waals surface area contributed by atoms with Crippen LogP contribution in [0.1, 0.15) is 80.0 Å². The van der Waals surface area contributed by atoms with Crippen molar-refractivity contribution in [2.24, 2.45) is 11.8 Å². The zero-order valence-corrected chi connectivity index (χ0v) is 21.5. The van der Waals surface area contributed by atoms with Gasteiger partial charge in [0.1, 0.15) is 11.4 Å². The van der Waals surface area contributed by atoms with E-state index in [1.54, 1.807) is 6.92 Å². The molecule has 0 radical (unpaired) electrons. The number of fused-ring (bicyclic) bond motifs is 1. The van der Waals surface area contributed by atoms with E-state index in [1.807, 2.05) is 18.2 Å². The van der Waals surface area contributed by atoms with Gasteiger partial charge >= 0.3 is 18.3 Å². The Hall–Kier alpha value is -2.91. The highest BCUT2D eigenvalue weighted by Crippen LogP contribution is 2.49.